The number of carbonyl (C=O) groups is 1. The third-order valence-electron chi connectivity index (χ3n) is 5.19. The van der Waals surface area contributed by atoms with Crippen molar-refractivity contribution in [2.45, 2.75) is 29.1 Å². The summed E-state index contributed by atoms with van der Waals surface area (Å²) in [5.74, 6) is 0.692. The van der Waals surface area contributed by atoms with Crippen molar-refractivity contribution in [2.75, 3.05) is 5.32 Å². The molecule has 31 heavy (non-hydrogen) atoms. The molecular weight excluding hydrogens is 404 g/mol. The van der Waals surface area contributed by atoms with Gasteiger partial charge in [0, 0.05) is 33.5 Å². The minimum atomic E-state index is 0.106. The van der Waals surface area contributed by atoms with Gasteiger partial charge in [-0.3, -0.25) is 14.9 Å². The fourth-order valence-electron chi connectivity index (χ4n) is 3.42. The molecule has 2 aromatic carbocycles. The van der Waals surface area contributed by atoms with Gasteiger partial charge in [-0.25, -0.2) is 0 Å². The van der Waals surface area contributed by atoms with Gasteiger partial charge < -0.3 is 5.32 Å². The van der Waals surface area contributed by atoms with Crippen LogP contribution in [0.15, 0.2) is 76.7 Å². The number of nitrogens with one attached hydrogen (secondary N) is 2. The Labute approximate surface area is 185 Å². The molecule has 1 aliphatic carbocycles. The van der Waals surface area contributed by atoms with E-state index in [0.717, 1.165) is 37.8 Å². The van der Waals surface area contributed by atoms with Crippen molar-refractivity contribution in [3.05, 3.63) is 78.2 Å². The Balaban J connectivity index is 1.29. The van der Waals surface area contributed by atoms with E-state index in [2.05, 4.69) is 44.8 Å². The van der Waals surface area contributed by atoms with Crippen LogP contribution in [-0.2, 0) is 4.79 Å². The van der Waals surface area contributed by atoms with Crippen LogP contribution < -0.4 is 5.32 Å². The standard InChI is InChI=1S/C25H22N4OS/c30-25(14-17-7-8-17)27-19-5-3-6-20(15-19)31-21-10-11-22-23(28-29-24(22)16-21)12-9-18-4-1-2-13-26-18/h1-6,9-13,15-17H,7-8,14H2,(H,27,30)(H,28,29)/b12-9+. The number of amides is 1. The Morgan fingerprint density at radius 3 is 2.81 bits per heavy atom. The lowest BCUT2D eigenvalue weighted by atomic mass is 10.2. The number of rotatable bonds is 7. The van der Waals surface area contributed by atoms with Crippen molar-refractivity contribution in [3.63, 3.8) is 0 Å². The van der Waals surface area contributed by atoms with E-state index in [1.54, 1.807) is 18.0 Å². The van der Waals surface area contributed by atoms with E-state index in [0.29, 0.717) is 12.3 Å². The van der Waals surface area contributed by atoms with E-state index >= 15 is 0 Å². The molecule has 0 saturated heterocycles. The molecular formula is C25H22N4OS. The molecule has 1 aliphatic rings. The first-order valence-corrected chi connectivity index (χ1v) is 11.2. The smallest absolute Gasteiger partial charge is 0.224 e. The second kappa shape index (κ2) is 8.78. The normalized spacial score (nSPS) is 13.7. The summed E-state index contributed by atoms with van der Waals surface area (Å²) >= 11 is 1.66. The summed E-state index contributed by atoms with van der Waals surface area (Å²) in [7, 11) is 0. The quantitative estimate of drug-likeness (QED) is 0.379. The van der Waals surface area contributed by atoms with E-state index in [1.165, 1.54) is 12.8 Å². The maximum atomic E-state index is 12.1. The minimum Gasteiger partial charge on any atom is -0.326 e. The van der Waals surface area contributed by atoms with Gasteiger partial charge in [0.2, 0.25) is 5.91 Å². The molecule has 2 N–H and O–H groups in total. The first kappa shape index (κ1) is 19.6. The molecule has 5 nitrogen and oxygen atoms in total. The summed E-state index contributed by atoms with van der Waals surface area (Å²) in [6.07, 6.45) is 8.70. The highest BCUT2D eigenvalue weighted by Crippen LogP contribution is 2.34. The summed E-state index contributed by atoms with van der Waals surface area (Å²) in [5.41, 5.74) is 3.62. The van der Waals surface area contributed by atoms with Crippen molar-refractivity contribution in [1.82, 2.24) is 15.2 Å². The molecule has 6 heteroatoms. The van der Waals surface area contributed by atoms with Crippen LogP contribution in [0.2, 0.25) is 0 Å². The highest BCUT2D eigenvalue weighted by Gasteiger charge is 2.24. The zero-order valence-electron chi connectivity index (χ0n) is 16.9. The molecule has 2 heterocycles. The highest BCUT2D eigenvalue weighted by atomic mass is 32.2. The first-order chi connectivity index (χ1) is 15.2. The number of anilines is 1. The van der Waals surface area contributed by atoms with Crippen LogP contribution in [-0.4, -0.2) is 21.1 Å². The number of carbonyl (C=O) groups excluding carboxylic acids is 1. The van der Waals surface area contributed by atoms with E-state index in [-0.39, 0.29) is 5.91 Å². The van der Waals surface area contributed by atoms with Crippen molar-refractivity contribution >= 4 is 46.4 Å². The molecule has 0 radical (unpaired) electrons. The molecule has 0 bridgehead atoms. The van der Waals surface area contributed by atoms with Gasteiger partial charge in [-0.2, -0.15) is 5.10 Å². The molecule has 154 valence electrons. The van der Waals surface area contributed by atoms with Gasteiger partial charge >= 0.3 is 0 Å². The molecule has 0 atom stereocenters. The highest BCUT2D eigenvalue weighted by molar-refractivity contribution is 7.99. The fraction of sp³-hybridized carbons (Fsp3) is 0.160. The first-order valence-electron chi connectivity index (χ1n) is 10.4. The number of hydrogen-bond donors (Lipinski definition) is 2. The summed E-state index contributed by atoms with van der Waals surface area (Å²) in [6.45, 7) is 0. The van der Waals surface area contributed by atoms with Crippen LogP contribution in [0.5, 0.6) is 0 Å². The van der Waals surface area contributed by atoms with Crippen LogP contribution >= 0.6 is 11.8 Å². The van der Waals surface area contributed by atoms with E-state index in [9.17, 15) is 4.79 Å². The molecule has 4 aromatic rings. The van der Waals surface area contributed by atoms with Crippen LogP contribution in [0.25, 0.3) is 23.1 Å². The van der Waals surface area contributed by atoms with Gasteiger partial charge in [0.1, 0.15) is 0 Å². The lowest BCUT2D eigenvalue weighted by molar-refractivity contribution is -0.116. The lowest BCUT2D eigenvalue weighted by Crippen LogP contribution is -2.11. The van der Waals surface area contributed by atoms with Crippen molar-refractivity contribution < 1.29 is 4.79 Å². The average Bonchev–Trinajstić information content (AvgIpc) is 3.50. The van der Waals surface area contributed by atoms with E-state index in [4.69, 9.17) is 0 Å². The van der Waals surface area contributed by atoms with Crippen molar-refractivity contribution in [3.8, 4) is 0 Å². The van der Waals surface area contributed by atoms with Crippen LogP contribution in [0, 0.1) is 5.92 Å². The number of benzene rings is 2. The van der Waals surface area contributed by atoms with Gasteiger partial charge in [0.05, 0.1) is 16.9 Å². The summed E-state index contributed by atoms with van der Waals surface area (Å²) in [4.78, 5) is 18.6. The number of aromatic nitrogens is 3. The predicted molar refractivity (Wildman–Crippen MR) is 126 cm³/mol. The second-order valence-corrected chi connectivity index (χ2v) is 8.88. The zero-order chi connectivity index (χ0) is 21.0. The molecule has 0 unspecified atom stereocenters. The summed E-state index contributed by atoms with van der Waals surface area (Å²) < 4.78 is 0. The number of H-pyrrole nitrogens is 1. The molecule has 1 fully saturated rings. The Bertz CT molecular complexity index is 1240. The van der Waals surface area contributed by atoms with Gasteiger partial charge in [-0.1, -0.05) is 23.9 Å². The number of hydrogen-bond acceptors (Lipinski definition) is 4. The monoisotopic (exact) mass is 426 g/mol. The Morgan fingerprint density at radius 2 is 1.97 bits per heavy atom. The van der Waals surface area contributed by atoms with Gasteiger partial charge in [0.15, 0.2) is 0 Å². The average molecular weight is 427 g/mol. The lowest BCUT2D eigenvalue weighted by Gasteiger charge is -2.07. The molecule has 1 amide bonds. The zero-order valence-corrected chi connectivity index (χ0v) is 17.7. The summed E-state index contributed by atoms with van der Waals surface area (Å²) in [5, 5.41) is 11.6. The van der Waals surface area contributed by atoms with Crippen LogP contribution in [0.4, 0.5) is 5.69 Å². The van der Waals surface area contributed by atoms with Crippen LogP contribution in [0.1, 0.15) is 30.7 Å². The molecule has 0 aliphatic heterocycles. The van der Waals surface area contributed by atoms with E-state index < -0.39 is 0 Å². The molecule has 1 saturated carbocycles. The fourth-order valence-corrected chi connectivity index (χ4v) is 4.34. The third-order valence-corrected chi connectivity index (χ3v) is 6.17. The maximum Gasteiger partial charge on any atom is 0.224 e. The predicted octanol–water partition coefficient (Wildman–Crippen LogP) is 6.02. The summed E-state index contributed by atoms with van der Waals surface area (Å²) in [6, 6.07) is 20.1. The number of fused-ring (bicyclic) bond motifs is 1. The van der Waals surface area contributed by atoms with Crippen molar-refractivity contribution in [1.29, 1.82) is 0 Å². The van der Waals surface area contributed by atoms with Gasteiger partial charge in [-0.05, 0) is 79.4 Å². The number of pyridine rings is 1. The second-order valence-electron chi connectivity index (χ2n) is 7.73. The number of aromatic amines is 1. The van der Waals surface area contributed by atoms with Crippen molar-refractivity contribution in [2.24, 2.45) is 5.92 Å². The van der Waals surface area contributed by atoms with Gasteiger partial charge in [-0.15, -0.1) is 0 Å². The van der Waals surface area contributed by atoms with Gasteiger partial charge in [0.25, 0.3) is 0 Å². The largest absolute Gasteiger partial charge is 0.326 e. The molecule has 5 rings (SSSR count). The Kier molecular flexibility index (Phi) is 5.54. The Morgan fingerprint density at radius 1 is 1.06 bits per heavy atom. The molecule has 0 spiro atoms. The van der Waals surface area contributed by atoms with E-state index in [1.807, 2.05) is 48.6 Å². The third kappa shape index (κ3) is 5.03. The Hall–Kier alpha value is -3.38. The minimum absolute atomic E-state index is 0.106. The topological polar surface area (TPSA) is 70.7 Å². The maximum absolute atomic E-state index is 12.1. The van der Waals surface area contributed by atoms with Crippen LogP contribution in [0.3, 0.4) is 0 Å². The molecule has 2 aromatic heterocycles. The SMILES string of the molecule is O=C(CC1CC1)Nc1cccc(Sc2ccc3c(/C=C/c4ccccn4)n[nH]c3c2)c1. The number of nitrogens with zero attached hydrogens (tertiary/aromatic N) is 2.